The third kappa shape index (κ3) is 3.37. The summed E-state index contributed by atoms with van der Waals surface area (Å²) in [5.41, 5.74) is 1.30. The number of benzene rings is 1. The number of hydrogen-bond donors (Lipinski definition) is 0. The third-order valence-corrected chi connectivity index (χ3v) is 5.01. The minimum atomic E-state index is 0.818. The van der Waals surface area contributed by atoms with Crippen molar-refractivity contribution in [3.63, 3.8) is 0 Å². The lowest BCUT2D eigenvalue weighted by molar-refractivity contribution is 0.178. The quantitative estimate of drug-likeness (QED) is 0.814. The molecule has 4 nitrogen and oxygen atoms in total. The van der Waals surface area contributed by atoms with Gasteiger partial charge in [0.05, 0.1) is 6.54 Å². The molecule has 1 aromatic heterocycles. The summed E-state index contributed by atoms with van der Waals surface area (Å²) >= 11 is 0. The first-order valence-electron chi connectivity index (χ1n) is 8.71. The second-order valence-corrected chi connectivity index (χ2v) is 6.73. The van der Waals surface area contributed by atoms with Gasteiger partial charge in [0.2, 0.25) is 0 Å². The van der Waals surface area contributed by atoms with Gasteiger partial charge < -0.3 is 4.57 Å². The van der Waals surface area contributed by atoms with Gasteiger partial charge in [0.1, 0.15) is 11.6 Å². The number of rotatable bonds is 4. The van der Waals surface area contributed by atoms with Crippen LogP contribution in [0.1, 0.15) is 36.5 Å². The predicted molar refractivity (Wildman–Crippen MR) is 91.0 cm³/mol. The Bertz CT molecular complexity index is 674. The number of fused-ring (bicyclic) bond motifs is 1. The van der Waals surface area contributed by atoms with Crippen LogP contribution in [-0.4, -0.2) is 32.8 Å². The van der Waals surface area contributed by atoms with Gasteiger partial charge in [-0.25, -0.2) is 0 Å². The first kappa shape index (κ1) is 14.6. The molecule has 0 bridgehead atoms. The Kier molecular flexibility index (Phi) is 4.24. The highest BCUT2D eigenvalue weighted by molar-refractivity contribution is 5.19. The predicted octanol–water partition coefficient (Wildman–Crippen LogP) is 3.04. The molecule has 0 radical (unpaired) electrons. The van der Waals surface area contributed by atoms with Crippen molar-refractivity contribution >= 4 is 0 Å². The van der Waals surface area contributed by atoms with Crippen LogP contribution >= 0.6 is 0 Å². The fourth-order valence-electron chi connectivity index (χ4n) is 3.72. The van der Waals surface area contributed by atoms with Crippen molar-refractivity contribution in [3.05, 3.63) is 59.7 Å². The van der Waals surface area contributed by atoms with Crippen molar-refractivity contribution in [2.45, 2.75) is 38.8 Å². The van der Waals surface area contributed by atoms with Gasteiger partial charge in [-0.1, -0.05) is 42.5 Å². The maximum atomic E-state index is 4.45. The normalized spacial score (nSPS) is 21.3. The first-order valence-corrected chi connectivity index (χ1v) is 8.71. The highest BCUT2D eigenvalue weighted by Crippen LogP contribution is 2.22. The fourth-order valence-corrected chi connectivity index (χ4v) is 3.72. The fraction of sp³-hybridized carbons (Fsp3) is 0.474. The minimum Gasteiger partial charge on any atom is -0.312 e. The zero-order valence-electron chi connectivity index (χ0n) is 13.6. The van der Waals surface area contributed by atoms with Gasteiger partial charge in [0.25, 0.3) is 0 Å². The molecule has 0 fully saturated rings. The van der Waals surface area contributed by atoms with Crippen LogP contribution in [0.15, 0.2) is 42.5 Å². The summed E-state index contributed by atoms with van der Waals surface area (Å²) in [6, 6.07) is 10.5. The van der Waals surface area contributed by atoms with Crippen LogP contribution in [0.5, 0.6) is 0 Å². The Morgan fingerprint density at radius 1 is 1.04 bits per heavy atom. The summed E-state index contributed by atoms with van der Waals surface area (Å²) < 4.78 is 2.32. The molecule has 4 rings (SSSR count). The molecule has 120 valence electrons. The molecule has 2 aromatic rings. The van der Waals surface area contributed by atoms with Crippen LogP contribution in [0, 0.1) is 5.92 Å². The Morgan fingerprint density at radius 2 is 1.96 bits per heavy atom. The van der Waals surface area contributed by atoms with Crippen molar-refractivity contribution < 1.29 is 0 Å². The maximum Gasteiger partial charge on any atom is 0.147 e. The van der Waals surface area contributed by atoms with Crippen LogP contribution in [0.4, 0.5) is 0 Å². The number of hydrogen-bond acceptors (Lipinski definition) is 3. The van der Waals surface area contributed by atoms with Crippen molar-refractivity contribution in [2.24, 2.45) is 5.92 Å². The Balaban J connectivity index is 1.41. The van der Waals surface area contributed by atoms with E-state index in [0.717, 1.165) is 43.6 Å². The van der Waals surface area contributed by atoms with E-state index in [9.17, 15) is 0 Å². The third-order valence-electron chi connectivity index (χ3n) is 5.01. The van der Waals surface area contributed by atoms with Crippen LogP contribution < -0.4 is 0 Å². The molecule has 4 heteroatoms. The standard InChI is InChI=1S/C19H24N4/c1-3-7-16(8-4-1)13-18-20-21-19-15-22(11-12-23(18)19)14-17-9-5-2-6-10-17/h1-5,7-8,17H,6,9-15H2. The molecule has 0 spiro atoms. The van der Waals surface area contributed by atoms with E-state index >= 15 is 0 Å². The molecular formula is C19H24N4. The molecule has 1 aromatic carbocycles. The second-order valence-electron chi connectivity index (χ2n) is 6.73. The zero-order chi connectivity index (χ0) is 15.5. The van der Waals surface area contributed by atoms with Gasteiger partial charge in [-0.05, 0) is 30.7 Å². The maximum absolute atomic E-state index is 4.45. The Labute approximate surface area is 137 Å². The smallest absolute Gasteiger partial charge is 0.147 e. The average Bonchev–Trinajstić information content (AvgIpc) is 2.99. The largest absolute Gasteiger partial charge is 0.312 e. The highest BCUT2D eigenvalue weighted by atomic mass is 15.3. The van der Waals surface area contributed by atoms with Crippen molar-refractivity contribution in [3.8, 4) is 0 Å². The van der Waals surface area contributed by atoms with E-state index in [-0.39, 0.29) is 0 Å². The summed E-state index contributed by atoms with van der Waals surface area (Å²) in [6.07, 6.45) is 9.36. The summed E-state index contributed by atoms with van der Waals surface area (Å²) in [5, 5.41) is 8.90. The van der Waals surface area contributed by atoms with Crippen LogP contribution in [0.25, 0.3) is 0 Å². The van der Waals surface area contributed by atoms with Crippen LogP contribution in [0.2, 0.25) is 0 Å². The highest BCUT2D eigenvalue weighted by Gasteiger charge is 2.23. The molecule has 23 heavy (non-hydrogen) atoms. The molecule has 2 heterocycles. The van der Waals surface area contributed by atoms with Crippen molar-refractivity contribution in [2.75, 3.05) is 13.1 Å². The molecule has 0 saturated heterocycles. The summed E-state index contributed by atoms with van der Waals surface area (Å²) in [6.45, 7) is 4.29. The molecule has 1 aliphatic carbocycles. The van der Waals surface area contributed by atoms with E-state index < -0.39 is 0 Å². The Hall–Kier alpha value is -1.94. The van der Waals surface area contributed by atoms with Crippen LogP contribution in [0.3, 0.4) is 0 Å². The number of aromatic nitrogens is 3. The van der Waals surface area contributed by atoms with Gasteiger partial charge in [0.15, 0.2) is 0 Å². The molecule has 0 saturated carbocycles. The first-order chi connectivity index (χ1) is 11.4. The van der Waals surface area contributed by atoms with E-state index in [0.29, 0.717) is 0 Å². The monoisotopic (exact) mass is 308 g/mol. The summed E-state index contributed by atoms with van der Waals surface area (Å²) in [4.78, 5) is 2.56. The van der Waals surface area contributed by atoms with E-state index in [1.807, 2.05) is 0 Å². The molecule has 1 atom stereocenters. The van der Waals surface area contributed by atoms with E-state index in [1.54, 1.807) is 0 Å². The average molecular weight is 308 g/mol. The molecule has 1 aliphatic heterocycles. The minimum absolute atomic E-state index is 0.818. The lowest BCUT2D eigenvalue weighted by Crippen LogP contribution is -2.37. The summed E-state index contributed by atoms with van der Waals surface area (Å²) in [7, 11) is 0. The van der Waals surface area contributed by atoms with E-state index in [4.69, 9.17) is 0 Å². The molecule has 0 N–H and O–H groups in total. The summed E-state index contributed by atoms with van der Waals surface area (Å²) in [5.74, 6) is 3.05. The zero-order valence-corrected chi connectivity index (χ0v) is 13.6. The molecule has 1 unspecified atom stereocenters. The lowest BCUT2D eigenvalue weighted by atomic mass is 9.94. The topological polar surface area (TPSA) is 34.0 Å². The molecule has 2 aliphatic rings. The number of nitrogens with zero attached hydrogens (tertiary/aromatic N) is 4. The van der Waals surface area contributed by atoms with E-state index in [2.05, 4.69) is 62.1 Å². The van der Waals surface area contributed by atoms with E-state index in [1.165, 1.54) is 31.4 Å². The van der Waals surface area contributed by atoms with Gasteiger partial charge in [-0.15, -0.1) is 10.2 Å². The van der Waals surface area contributed by atoms with Gasteiger partial charge in [-0.3, -0.25) is 4.90 Å². The van der Waals surface area contributed by atoms with Crippen molar-refractivity contribution in [1.29, 1.82) is 0 Å². The molecule has 0 amide bonds. The number of allylic oxidation sites excluding steroid dienone is 2. The van der Waals surface area contributed by atoms with Gasteiger partial charge in [0, 0.05) is 26.1 Å². The second kappa shape index (κ2) is 6.67. The molecular weight excluding hydrogens is 284 g/mol. The SMILES string of the molecule is C1=CCC(CN2CCn3c(Cc4ccccc4)nnc3C2)CC1. The lowest BCUT2D eigenvalue weighted by Gasteiger charge is -2.31. The van der Waals surface area contributed by atoms with Gasteiger partial charge >= 0.3 is 0 Å². The van der Waals surface area contributed by atoms with Gasteiger partial charge in [-0.2, -0.15) is 0 Å². The van der Waals surface area contributed by atoms with Crippen molar-refractivity contribution in [1.82, 2.24) is 19.7 Å². The Morgan fingerprint density at radius 3 is 2.78 bits per heavy atom. The van der Waals surface area contributed by atoms with Crippen LogP contribution in [-0.2, 0) is 19.5 Å².